The summed E-state index contributed by atoms with van der Waals surface area (Å²) < 4.78 is 5.50. The molecule has 4 heavy (non-hydrogen) atoms. The molecule has 1 nitrogen and oxygen atoms in total. The van der Waals surface area contributed by atoms with Crippen LogP contribution in [0.5, 0.6) is 0 Å². The third kappa shape index (κ3) is 0.342. The van der Waals surface area contributed by atoms with Crippen LogP contribution >= 0.6 is 22.6 Å². The van der Waals surface area contributed by atoms with Crippen LogP contribution in [0.15, 0.2) is 10.0 Å². The van der Waals surface area contributed by atoms with E-state index >= 15 is 0 Å². The summed E-state index contributed by atoms with van der Waals surface area (Å²) in [7, 11) is 0. The molecular formula is C2HIO. The third-order valence-electron chi connectivity index (χ3n) is 0.207. The Morgan fingerprint density at radius 3 is 2.25 bits per heavy atom. The smallest absolute Gasteiger partial charge is 0.198 e. The van der Waals surface area contributed by atoms with E-state index in [0.717, 1.165) is 3.77 Å². The van der Waals surface area contributed by atoms with Crippen LogP contribution in [0.25, 0.3) is 0 Å². The van der Waals surface area contributed by atoms with Gasteiger partial charge in [-0.15, -0.1) is 0 Å². The molecule has 1 heterocycles. The van der Waals surface area contributed by atoms with E-state index in [9.17, 15) is 0 Å². The highest BCUT2D eigenvalue weighted by atomic mass is 127. The van der Waals surface area contributed by atoms with E-state index in [4.69, 9.17) is 0 Å². The summed E-state index contributed by atoms with van der Waals surface area (Å²) in [5.41, 5.74) is 0. The minimum atomic E-state index is 1.01. The summed E-state index contributed by atoms with van der Waals surface area (Å²) >= 11 is 2.09. The van der Waals surface area contributed by atoms with Crippen molar-refractivity contribution in [2.45, 2.75) is 0 Å². The zero-order valence-corrected chi connectivity index (χ0v) is 4.02. The molecule has 0 atom stereocenters. The molecule has 1 rings (SSSR count). The molecule has 1 aliphatic heterocycles. The van der Waals surface area contributed by atoms with Gasteiger partial charge in [-0.1, -0.05) is 0 Å². The van der Waals surface area contributed by atoms with Crippen LogP contribution in [0.1, 0.15) is 0 Å². The Bertz CT molecular complexity index is 57.1. The third-order valence-corrected chi connectivity index (χ3v) is 0.715. The number of hydrogen-bond donors (Lipinski definition) is 0. The first-order valence-electron chi connectivity index (χ1n) is 0.917. The van der Waals surface area contributed by atoms with Crippen LogP contribution in [0, 0.1) is 0 Å². The van der Waals surface area contributed by atoms with Gasteiger partial charge in [-0.2, -0.15) is 0 Å². The van der Waals surface area contributed by atoms with Gasteiger partial charge < -0.3 is 4.74 Å². The highest BCUT2D eigenvalue weighted by Crippen LogP contribution is 2.19. The molecule has 2 heteroatoms. The van der Waals surface area contributed by atoms with Crippen LogP contribution in [0.2, 0.25) is 0 Å². The van der Waals surface area contributed by atoms with Crippen LogP contribution in [-0.2, 0) is 4.74 Å². The highest BCUT2D eigenvalue weighted by Gasteiger charge is 1.99. The zero-order chi connectivity index (χ0) is 2.99. The summed E-state index contributed by atoms with van der Waals surface area (Å²) in [6, 6.07) is 0. The molecule has 0 saturated carbocycles. The second kappa shape index (κ2) is 0.607. The maximum Gasteiger partial charge on any atom is 0.198 e. The molecule has 0 aromatic heterocycles. The minimum absolute atomic E-state index is 1.01. The average Bonchev–Trinajstić information content (AvgIpc) is 1.75. The maximum absolute atomic E-state index is 4.49. The van der Waals surface area contributed by atoms with Crippen molar-refractivity contribution in [3.63, 3.8) is 0 Å². The lowest BCUT2D eigenvalue weighted by Gasteiger charge is -1.50. The van der Waals surface area contributed by atoms with E-state index in [-0.39, 0.29) is 0 Å². The minimum Gasteiger partial charge on any atom is -0.451 e. The van der Waals surface area contributed by atoms with E-state index in [1.807, 2.05) is 0 Å². The highest BCUT2D eigenvalue weighted by molar-refractivity contribution is 14.1. The Balaban J connectivity index is 2.54. The second-order valence-electron chi connectivity index (χ2n) is 0.540. The van der Waals surface area contributed by atoms with Crippen LogP contribution in [-0.4, -0.2) is 0 Å². The van der Waals surface area contributed by atoms with E-state index < -0.39 is 0 Å². The Morgan fingerprint density at radius 2 is 2.25 bits per heavy atom. The summed E-state index contributed by atoms with van der Waals surface area (Å²) in [4.78, 5) is 0. The molecule has 0 fully saturated rings. The molecule has 0 aliphatic carbocycles. The first-order valence-corrected chi connectivity index (χ1v) is 2.00. The van der Waals surface area contributed by atoms with Crippen molar-refractivity contribution in [1.29, 1.82) is 0 Å². The first-order chi connectivity index (χ1) is 1.89. The summed E-state index contributed by atoms with van der Waals surface area (Å²) in [6.45, 7) is 0. The standard InChI is InChI=1S/C2HIO/c3-2-1-4-2/h1H. The van der Waals surface area contributed by atoms with Crippen molar-refractivity contribution in [2.75, 3.05) is 0 Å². The van der Waals surface area contributed by atoms with Gasteiger partial charge in [0.2, 0.25) is 0 Å². The molecule has 0 amide bonds. The zero-order valence-electron chi connectivity index (χ0n) is 1.86. The van der Waals surface area contributed by atoms with Crippen LogP contribution < -0.4 is 0 Å². The molecule has 0 aromatic rings. The number of ether oxygens (including phenoxy) is 1. The fourth-order valence-corrected chi connectivity index (χ4v) is 0.149. The molecule has 0 aromatic carbocycles. The molecule has 0 bridgehead atoms. The number of halogens is 1. The molecule has 1 aliphatic rings. The maximum atomic E-state index is 4.49. The number of hydrogen-bond acceptors (Lipinski definition) is 1. The Labute approximate surface area is 37.8 Å². The van der Waals surface area contributed by atoms with Crippen molar-refractivity contribution in [3.05, 3.63) is 10.0 Å². The molecule has 0 N–H and O–H groups in total. The van der Waals surface area contributed by atoms with E-state index in [1.165, 1.54) is 0 Å². The lowest BCUT2D eigenvalue weighted by Crippen LogP contribution is -1.23. The lowest BCUT2D eigenvalue weighted by molar-refractivity contribution is 0.536. The monoisotopic (exact) mass is 168 g/mol. The van der Waals surface area contributed by atoms with Gasteiger partial charge in [-0.05, 0) is 0 Å². The summed E-state index contributed by atoms with van der Waals surface area (Å²) in [5, 5.41) is 0. The Morgan fingerprint density at radius 1 is 2.00 bits per heavy atom. The molecule has 0 spiro atoms. The summed E-state index contributed by atoms with van der Waals surface area (Å²) in [6.07, 6.45) is 1.69. The molecule has 0 unspecified atom stereocenters. The van der Waals surface area contributed by atoms with E-state index in [0.29, 0.717) is 0 Å². The van der Waals surface area contributed by atoms with Gasteiger partial charge in [0, 0.05) is 22.6 Å². The van der Waals surface area contributed by atoms with E-state index in [1.54, 1.807) is 6.26 Å². The summed E-state index contributed by atoms with van der Waals surface area (Å²) in [5.74, 6) is 0. The van der Waals surface area contributed by atoms with Crippen molar-refractivity contribution < 1.29 is 4.74 Å². The van der Waals surface area contributed by atoms with Gasteiger partial charge in [0.05, 0.1) is 0 Å². The predicted molar refractivity (Wildman–Crippen MR) is 23.2 cm³/mol. The first kappa shape index (κ1) is 2.50. The van der Waals surface area contributed by atoms with E-state index in [2.05, 4.69) is 27.3 Å². The van der Waals surface area contributed by atoms with Crippen molar-refractivity contribution >= 4 is 22.6 Å². The predicted octanol–water partition coefficient (Wildman–Crippen LogP) is 1.25. The van der Waals surface area contributed by atoms with Crippen molar-refractivity contribution in [2.24, 2.45) is 0 Å². The SMILES string of the molecule is IC1=CO1. The van der Waals surface area contributed by atoms with Crippen LogP contribution in [0.4, 0.5) is 0 Å². The molecular weight excluding hydrogens is 167 g/mol. The van der Waals surface area contributed by atoms with Gasteiger partial charge >= 0.3 is 0 Å². The molecule has 22 valence electrons. The van der Waals surface area contributed by atoms with Gasteiger partial charge in [-0.3, -0.25) is 0 Å². The van der Waals surface area contributed by atoms with Gasteiger partial charge in [0.15, 0.2) is 3.77 Å². The molecule has 0 radical (unpaired) electrons. The van der Waals surface area contributed by atoms with Gasteiger partial charge in [0.1, 0.15) is 6.26 Å². The van der Waals surface area contributed by atoms with Crippen molar-refractivity contribution in [1.82, 2.24) is 0 Å². The van der Waals surface area contributed by atoms with Crippen LogP contribution in [0.3, 0.4) is 0 Å². The number of rotatable bonds is 0. The Hall–Kier alpha value is 0.270. The van der Waals surface area contributed by atoms with Crippen molar-refractivity contribution in [3.8, 4) is 0 Å². The quantitative estimate of drug-likeness (QED) is 0.495. The largest absolute Gasteiger partial charge is 0.451 e. The fraction of sp³-hybridized carbons (Fsp3) is 0. The van der Waals surface area contributed by atoms with Gasteiger partial charge in [-0.25, -0.2) is 0 Å². The molecule has 0 saturated heterocycles. The second-order valence-corrected chi connectivity index (χ2v) is 1.60. The fourth-order valence-electron chi connectivity index (χ4n) is 0.0223. The normalized spacial score (nSPS) is 17.8. The average molecular weight is 168 g/mol. The lowest BCUT2D eigenvalue weighted by atomic mass is 11.3. The topological polar surface area (TPSA) is 12.5 Å². The Kier molecular flexibility index (Phi) is 0.380. The van der Waals surface area contributed by atoms with Gasteiger partial charge in [0.25, 0.3) is 0 Å².